The molecule has 0 fully saturated rings. The van der Waals surface area contributed by atoms with Crippen LogP contribution in [0.2, 0.25) is 0 Å². The van der Waals surface area contributed by atoms with Crippen LogP contribution in [0.5, 0.6) is 0 Å². The summed E-state index contributed by atoms with van der Waals surface area (Å²) in [5, 5.41) is 4.40. The first-order chi connectivity index (χ1) is 10.0. The van der Waals surface area contributed by atoms with Gasteiger partial charge in [0.2, 0.25) is 0 Å². The molecule has 1 aromatic carbocycles. The number of ketones is 1. The summed E-state index contributed by atoms with van der Waals surface area (Å²) < 4.78 is 6.72. The molecule has 2 rings (SSSR count). The fourth-order valence-corrected chi connectivity index (χ4v) is 2.23. The van der Waals surface area contributed by atoms with Crippen molar-refractivity contribution in [2.75, 3.05) is 6.61 Å². The van der Waals surface area contributed by atoms with Crippen molar-refractivity contribution < 1.29 is 14.3 Å². The Balaban J connectivity index is 2.58. The zero-order valence-corrected chi connectivity index (χ0v) is 12.4. The van der Waals surface area contributed by atoms with E-state index < -0.39 is 5.97 Å². The molecular weight excluding hydrogens is 268 g/mol. The minimum absolute atomic E-state index is 0.0300. The number of aryl methyl sites for hydroxylation is 1. The Morgan fingerprint density at radius 2 is 1.90 bits per heavy atom. The molecule has 0 atom stereocenters. The molecule has 0 N–H and O–H groups in total. The molecule has 1 heterocycles. The Morgan fingerprint density at radius 1 is 1.24 bits per heavy atom. The molecule has 2 aromatic rings. The van der Waals surface area contributed by atoms with Gasteiger partial charge < -0.3 is 4.74 Å². The summed E-state index contributed by atoms with van der Waals surface area (Å²) in [5.41, 5.74) is 2.33. The van der Waals surface area contributed by atoms with Gasteiger partial charge in [0.1, 0.15) is 11.3 Å². The number of aromatic nitrogens is 2. The van der Waals surface area contributed by atoms with Gasteiger partial charge in [0, 0.05) is 6.42 Å². The molecule has 0 bridgehead atoms. The fraction of sp³-hybridized carbons (Fsp3) is 0.312. The van der Waals surface area contributed by atoms with E-state index in [2.05, 4.69) is 5.10 Å². The molecule has 0 aliphatic carbocycles. The van der Waals surface area contributed by atoms with Gasteiger partial charge in [0.15, 0.2) is 0 Å². The van der Waals surface area contributed by atoms with E-state index in [0.29, 0.717) is 17.0 Å². The van der Waals surface area contributed by atoms with Crippen molar-refractivity contribution in [3.05, 3.63) is 47.3 Å². The largest absolute Gasteiger partial charge is 0.462 e. The topological polar surface area (TPSA) is 61.2 Å². The second kappa shape index (κ2) is 6.35. The van der Waals surface area contributed by atoms with Gasteiger partial charge in [-0.2, -0.15) is 5.10 Å². The smallest absolute Gasteiger partial charge is 0.341 e. The maximum Gasteiger partial charge on any atom is 0.341 e. The summed E-state index contributed by atoms with van der Waals surface area (Å²) in [6.45, 7) is 5.27. The molecule has 0 spiro atoms. The maximum absolute atomic E-state index is 12.1. The summed E-state index contributed by atoms with van der Waals surface area (Å²) in [4.78, 5) is 23.7. The summed E-state index contributed by atoms with van der Waals surface area (Å²) in [7, 11) is 0. The molecule has 0 unspecified atom stereocenters. The zero-order valence-electron chi connectivity index (χ0n) is 12.4. The van der Waals surface area contributed by atoms with Gasteiger partial charge in [-0.15, -0.1) is 0 Å². The minimum Gasteiger partial charge on any atom is -0.462 e. The van der Waals surface area contributed by atoms with Gasteiger partial charge in [-0.3, -0.25) is 4.79 Å². The van der Waals surface area contributed by atoms with Crippen LogP contribution in [-0.4, -0.2) is 28.1 Å². The predicted molar refractivity (Wildman–Crippen MR) is 78.6 cm³/mol. The Labute approximate surface area is 123 Å². The number of esters is 1. The molecule has 5 heteroatoms. The van der Waals surface area contributed by atoms with Gasteiger partial charge >= 0.3 is 5.97 Å². The first kappa shape index (κ1) is 15.0. The number of nitrogens with zero attached hydrogens (tertiary/aromatic N) is 2. The van der Waals surface area contributed by atoms with Gasteiger partial charge in [0.05, 0.1) is 23.7 Å². The number of benzene rings is 1. The van der Waals surface area contributed by atoms with E-state index in [1.807, 2.05) is 30.3 Å². The number of Topliss-reactive ketones (excluding diaryl/α,β-unsaturated/α-hetero) is 1. The summed E-state index contributed by atoms with van der Waals surface area (Å²) in [6, 6.07) is 9.43. The van der Waals surface area contributed by atoms with Crippen molar-refractivity contribution in [3.63, 3.8) is 0 Å². The first-order valence-corrected chi connectivity index (χ1v) is 6.85. The predicted octanol–water partition coefficient (Wildman–Crippen LogP) is 2.49. The number of ether oxygens (including phenoxy) is 1. The lowest BCUT2D eigenvalue weighted by Crippen LogP contribution is -2.13. The van der Waals surface area contributed by atoms with Crippen molar-refractivity contribution in [1.29, 1.82) is 0 Å². The highest BCUT2D eigenvalue weighted by Crippen LogP contribution is 2.20. The minimum atomic E-state index is -0.437. The third kappa shape index (κ3) is 3.18. The van der Waals surface area contributed by atoms with E-state index in [0.717, 1.165) is 5.69 Å². The Morgan fingerprint density at radius 3 is 2.48 bits per heavy atom. The number of hydrogen-bond donors (Lipinski definition) is 0. The molecule has 110 valence electrons. The summed E-state index contributed by atoms with van der Waals surface area (Å²) in [6.07, 6.45) is 0.143. The van der Waals surface area contributed by atoms with Crippen LogP contribution in [0.3, 0.4) is 0 Å². The van der Waals surface area contributed by atoms with Crippen molar-refractivity contribution >= 4 is 11.8 Å². The standard InChI is InChI=1S/C16H18N2O3/c1-4-21-16(20)15-12(3)17-18(14(15)10-11(2)19)13-8-6-5-7-9-13/h5-9H,4,10H2,1-3H3. The second-order valence-electron chi connectivity index (χ2n) is 4.75. The van der Waals surface area contributed by atoms with Crippen molar-refractivity contribution in [2.24, 2.45) is 0 Å². The molecule has 5 nitrogen and oxygen atoms in total. The van der Waals surface area contributed by atoms with E-state index in [1.165, 1.54) is 6.92 Å². The van der Waals surface area contributed by atoms with Gasteiger partial charge in [0.25, 0.3) is 0 Å². The Bertz CT molecular complexity index is 660. The van der Waals surface area contributed by atoms with E-state index in [9.17, 15) is 9.59 Å². The SMILES string of the molecule is CCOC(=O)c1c(C)nn(-c2ccccc2)c1CC(C)=O. The third-order valence-corrected chi connectivity index (χ3v) is 3.05. The van der Waals surface area contributed by atoms with E-state index in [-0.39, 0.29) is 18.8 Å². The maximum atomic E-state index is 12.1. The third-order valence-electron chi connectivity index (χ3n) is 3.05. The van der Waals surface area contributed by atoms with Gasteiger partial charge in [-0.1, -0.05) is 18.2 Å². The van der Waals surface area contributed by atoms with E-state index >= 15 is 0 Å². The number of rotatable bonds is 5. The number of hydrogen-bond acceptors (Lipinski definition) is 4. The average Bonchev–Trinajstić information content (AvgIpc) is 2.76. The second-order valence-corrected chi connectivity index (χ2v) is 4.75. The lowest BCUT2D eigenvalue weighted by atomic mass is 10.1. The monoisotopic (exact) mass is 286 g/mol. The zero-order chi connectivity index (χ0) is 15.4. The molecule has 0 radical (unpaired) electrons. The van der Waals surface area contributed by atoms with Crippen molar-refractivity contribution in [3.8, 4) is 5.69 Å². The van der Waals surface area contributed by atoms with Crippen LogP contribution in [0.15, 0.2) is 30.3 Å². The number of para-hydroxylation sites is 1. The quantitative estimate of drug-likeness (QED) is 0.792. The van der Waals surface area contributed by atoms with Crippen LogP contribution in [0.25, 0.3) is 5.69 Å². The van der Waals surface area contributed by atoms with E-state index in [4.69, 9.17) is 4.74 Å². The van der Waals surface area contributed by atoms with E-state index in [1.54, 1.807) is 18.5 Å². The highest BCUT2D eigenvalue weighted by Gasteiger charge is 2.24. The van der Waals surface area contributed by atoms with Gasteiger partial charge in [-0.25, -0.2) is 9.48 Å². The van der Waals surface area contributed by atoms with Crippen LogP contribution in [0, 0.1) is 6.92 Å². The molecule has 0 saturated heterocycles. The molecule has 21 heavy (non-hydrogen) atoms. The Hall–Kier alpha value is -2.43. The Kier molecular flexibility index (Phi) is 4.52. The van der Waals surface area contributed by atoms with Crippen molar-refractivity contribution in [1.82, 2.24) is 9.78 Å². The van der Waals surface area contributed by atoms with Crippen LogP contribution >= 0.6 is 0 Å². The lowest BCUT2D eigenvalue weighted by molar-refractivity contribution is -0.116. The number of carbonyl (C=O) groups excluding carboxylic acids is 2. The van der Waals surface area contributed by atoms with Crippen LogP contribution < -0.4 is 0 Å². The fourth-order valence-electron chi connectivity index (χ4n) is 2.23. The molecule has 0 saturated carbocycles. The molecule has 0 aliphatic rings. The lowest BCUT2D eigenvalue weighted by Gasteiger charge is -2.08. The molecule has 0 aliphatic heterocycles. The van der Waals surface area contributed by atoms with Crippen molar-refractivity contribution in [2.45, 2.75) is 27.2 Å². The average molecular weight is 286 g/mol. The van der Waals surface area contributed by atoms with Crippen LogP contribution in [0.4, 0.5) is 0 Å². The molecule has 0 amide bonds. The van der Waals surface area contributed by atoms with Crippen LogP contribution in [0.1, 0.15) is 35.6 Å². The molecular formula is C16H18N2O3. The summed E-state index contributed by atoms with van der Waals surface area (Å²) >= 11 is 0. The van der Waals surface area contributed by atoms with Gasteiger partial charge in [-0.05, 0) is 32.9 Å². The normalized spacial score (nSPS) is 10.4. The number of carbonyl (C=O) groups is 2. The highest BCUT2D eigenvalue weighted by molar-refractivity contribution is 5.94. The van der Waals surface area contributed by atoms with Crippen LogP contribution in [-0.2, 0) is 16.0 Å². The first-order valence-electron chi connectivity index (χ1n) is 6.85. The summed E-state index contributed by atoms with van der Waals surface area (Å²) in [5.74, 6) is -0.467. The molecule has 1 aromatic heterocycles. The highest BCUT2D eigenvalue weighted by atomic mass is 16.5.